The Labute approximate surface area is 204 Å². The van der Waals surface area contributed by atoms with Gasteiger partial charge in [0.25, 0.3) is 5.91 Å². The van der Waals surface area contributed by atoms with Gasteiger partial charge in [0, 0.05) is 22.3 Å². The highest BCUT2D eigenvalue weighted by Crippen LogP contribution is 2.14. The highest BCUT2D eigenvalue weighted by Gasteiger charge is 2.38. The van der Waals surface area contributed by atoms with Gasteiger partial charge in [-0.25, -0.2) is 4.79 Å². The van der Waals surface area contributed by atoms with E-state index in [4.69, 9.17) is 25.8 Å². The van der Waals surface area contributed by atoms with E-state index in [0.717, 1.165) is 0 Å². The predicted octanol–water partition coefficient (Wildman–Crippen LogP) is 3.64. The van der Waals surface area contributed by atoms with Crippen LogP contribution in [0.5, 0.6) is 5.75 Å². The Balaban J connectivity index is 0.000000572. The summed E-state index contributed by atoms with van der Waals surface area (Å²) in [5.74, 6) is -2.54. The SMILES string of the molecule is N=C(N)c1cccc(OCCNC(=O)c2ccc(C(=O)c3ccccc3)cc2)c1.O=C(O)C(F)(F)F. The number of carbonyl (C=O) groups is 3. The van der Waals surface area contributed by atoms with Crippen LogP contribution in [0, 0.1) is 5.41 Å². The second-order valence-corrected chi connectivity index (χ2v) is 7.12. The van der Waals surface area contributed by atoms with E-state index in [1.807, 2.05) is 18.2 Å². The number of nitrogens with one attached hydrogen (secondary N) is 2. The Morgan fingerprint density at radius 3 is 1.94 bits per heavy atom. The highest BCUT2D eigenvalue weighted by atomic mass is 19.4. The molecule has 0 aliphatic carbocycles. The summed E-state index contributed by atoms with van der Waals surface area (Å²) in [7, 11) is 0. The fourth-order valence-corrected chi connectivity index (χ4v) is 2.72. The number of amides is 1. The van der Waals surface area contributed by atoms with Crippen molar-refractivity contribution in [2.75, 3.05) is 13.2 Å². The van der Waals surface area contributed by atoms with E-state index in [9.17, 15) is 22.8 Å². The molecule has 8 nitrogen and oxygen atoms in total. The van der Waals surface area contributed by atoms with Gasteiger partial charge in [-0.05, 0) is 24.3 Å². The fourth-order valence-electron chi connectivity index (χ4n) is 2.72. The number of nitrogen functional groups attached to an aromatic ring is 1. The maximum atomic E-state index is 12.4. The molecule has 0 unspecified atom stereocenters. The van der Waals surface area contributed by atoms with Gasteiger partial charge in [0.15, 0.2) is 5.78 Å². The van der Waals surface area contributed by atoms with Crippen molar-refractivity contribution in [2.45, 2.75) is 6.18 Å². The quantitative estimate of drug-likeness (QED) is 0.161. The molecule has 0 aromatic heterocycles. The lowest BCUT2D eigenvalue weighted by atomic mass is 10.0. The Kier molecular flexibility index (Phi) is 9.73. The maximum absolute atomic E-state index is 12.4. The summed E-state index contributed by atoms with van der Waals surface area (Å²) in [6, 6.07) is 22.5. The fraction of sp³-hybridized carbons (Fsp3) is 0.120. The van der Waals surface area contributed by atoms with Crippen LogP contribution in [0.4, 0.5) is 13.2 Å². The number of ketones is 1. The second kappa shape index (κ2) is 12.7. The lowest BCUT2D eigenvalue weighted by Gasteiger charge is -2.09. The van der Waals surface area contributed by atoms with Crippen LogP contribution in [-0.2, 0) is 4.79 Å². The molecule has 1 amide bonds. The number of amidine groups is 1. The Bertz CT molecular complexity index is 1210. The van der Waals surface area contributed by atoms with Gasteiger partial charge in [0.05, 0.1) is 6.54 Å². The first-order valence-corrected chi connectivity index (χ1v) is 10.3. The number of benzene rings is 3. The Hall–Kier alpha value is -4.67. The average Bonchev–Trinajstić information content (AvgIpc) is 2.86. The van der Waals surface area contributed by atoms with E-state index in [1.165, 1.54) is 0 Å². The molecule has 11 heteroatoms. The largest absolute Gasteiger partial charge is 0.492 e. The molecular formula is C25H22F3N3O5. The molecule has 0 heterocycles. The number of alkyl halides is 3. The average molecular weight is 501 g/mol. The number of rotatable bonds is 8. The summed E-state index contributed by atoms with van der Waals surface area (Å²) in [5, 5.41) is 17.3. The van der Waals surface area contributed by atoms with E-state index in [2.05, 4.69) is 5.32 Å². The third-order valence-electron chi connectivity index (χ3n) is 4.49. The van der Waals surface area contributed by atoms with E-state index < -0.39 is 12.1 Å². The molecule has 3 aromatic carbocycles. The van der Waals surface area contributed by atoms with E-state index in [-0.39, 0.29) is 24.1 Å². The van der Waals surface area contributed by atoms with Gasteiger partial charge >= 0.3 is 12.1 Å². The molecule has 0 spiro atoms. The third-order valence-corrected chi connectivity index (χ3v) is 4.49. The van der Waals surface area contributed by atoms with Gasteiger partial charge in [-0.2, -0.15) is 13.2 Å². The van der Waals surface area contributed by atoms with Crippen LogP contribution < -0.4 is 15.8 Å². The van der Waals surface area contributed by atoms with Crippen molar-refractivity contribution < 1.29 is 37.4 Å². The smallest absolute Gasteiger partial charge is 0.490 e. The van der Waals surface area contributed by atoms with Gasteiger partial charge in [-0.1, -0.05) is 54.6 Å². The molecule has 0 aliphatic rings. The van der Waals surface area contributed by atoms with E-state index in [1.54, 1.807) is 60.7 Å². The molecule has 0 bridgehead atoms. The van der Waals surface area contributed by atoms with Crippen LogP contribution >= 0.6 is 0 Å². The molecule has 0 radical (unpaired) electrons. The van der Waals surface area contributed by atoms with Crippen molar-refractivity contribution in [1.82, 2.24) is 5.32 Å². The summed E-state index contributed by atoms with van der Waals surface area (Å²) in [6.07, 6.45) is -5.08. The van der Waals surface area contributed by atoms with Gasteiger partial charge in [0.1, 0.15) is 18.2 Å². The molecule has 0 fully saturated rings. The third kappa shape index (κ3) is 8.60. The van der Waals surface area contributed by atoms with Crippen LogP contribution in [0.1, 0.15) is 31.8 Å². The number of halogens is 3. The normalized spacial score (nSPS) is 10.4. The summed E-state index contributed by atoms with van der Waals surface area (Å²) in [4.78, 5) is 33.6. The molecule has 0 atom stereocenters. The van der Waals surface area contributed by atoms with Crippen molar-refractivity contribution in [3.8, 4) is 5.75 Å². The van der Waals surface area contributed by atoms with Crippen molar-refractivity contribution in [3.05, 3.63) is 101 Å². The maximum Gasteiger partial charge on any atom is 0.490 e. The minimum Gasteiger partial charge on any atom is -0.492 e. The zero-order valence-corrected chi connectivity index (χ0v) is 18.7. The second-order valence-electron chi connectivity index (χ2n) is 7.12. The molecule has 3 rings (SSSR count). The predicted molar refractivity (Wildman–Crippen MR) is 125 cm³/mol. The lowest BCUT2D eigenvalue weighted by Crippen LogP contribution is -2.28. The summed E-state index contributed by atoms with van der Waals surface area (Å²) >= 11 is 0. The monoisotopic (exact) mass is 501 g/mol. The lowest BCUT2D eigenvalue weighted by molar-refractivity contribution is -0.192. The van der Waals surface area contributed by atoms with Crippen LogP contribution in [0.15, 0.2) is 78.9 Å². The van der Waals surface area contributed by atoms with Crippen molar-refractivity contribution in [1.29, 1.82) is 5.41 Å². The van der Waals surface area contributed by atoms with Gasteiger partial charge in [-0.3, -0.25) is 15.0 Å². The van der Waals surface area contributed by atoms with Crippen LogP contribution in [0.25, 0.3) is 0 Å². The molecule has 5 N–H and O–H groups in total. The topological polar surface area (TPSA) is 143 Å². The standard InChI is InChI=1S/C23H21N3O3.C2HF3O2/c24-22(25)19-7-4-8-20(15-19)29-14-13-26-23(28)18-11-9-17(10-12-18)21(27)16-5-2-1-3-6-16;3-2(4,5)1(6)7/h1-12,15H,13-14H2,(H3,24,25)(H,26,28);(H,6,7). The zero-order chi connectivity index (χ0) is 26.7. The van der Waals surface area contributed by atoms with Crippen molar-refractivity contribution in [3.63, 3.8) is 0 Å². The molecular weight excluding hydrogens is 479 g/mol. The van der Waals surface area contributed by atoms with Crippen LogP contribution in [0.2, 0.25) is 0 Å². The van der Waals surface area contributed by atoms with Crippen molar-refractivity contribution >= 4 is 23.5 Å². The van der Waals surface area contributed by atoms with Crippen molar-refractivity contribution in [2.24, 2.45) is 5.73 Å². The van der Waals surface area contributed by atoms with Crippen LogP contribution in [0.3, 0.4) is 0 Å². The van der Waals surface area contributed by atoms with Gasteiger partial charge in [-0.15, -0.1) is 0 Å². The first kappa shape index (κ1) is 27.6. The number of aliphatic carboxylic acids is 1. The molecule has 0 saturated carbocycles. The van der Waals surface area contributed by atoms with E-state index in [0.29, 0.717) is 34.5 Å². The molecule has 3 aromatic rings. The van der Waals surface area contributed by atoms with E-state index >= 15 is 0 Å². The number of carbonyl (C=O) groups excluding carboxylic acids is 2. The van der Waals surface area contributed by atoms with Gasteiger partial charge < -0.3 is 20.9 Å². The summed E-state index contributed by atoms with van der Waals surface area (Å²) in [5.41, 5.74) is 7.64. The number of nitrogens with two attached hydrogens (primary N) is 1. The Morgan fingerprint density at radius 2 is 1.39 bits per heavy atom. The van der Waals surface area contributed by atoms with Crippen LogP contribution in [-0.4, -0.2) is 47.9 Å². The minimum absolute atomic E-state index is 0.0297. The minimum atomic E-state index is -5.08. The number of hydrogen-bond donors (Lipinski definition) is 4. The molecule has 188 valence electrons. The zero-order valence-electron chi connectivity index (χ0n) is 18.7. The Morgan fingerprint density at radius 1 is 0.861 bits per heavy atom. The number of carboxylic acid groups (broad SMARTS) is 1. The molecule has 36 heavy (non-hydrogen) atoms. The first-order chi connectivity index (χ1) is 17.0. The summed E-state index contributed by atoms with van der Waals surface area (Å²) in [6.45, 7) is 0.589. The van der Waals surface area contributed by atoms with Gasteiger partial charge in [0.2, 0.25) is 0 Å². The number of carboxylic acids is 1. The molecule has 0 saturated heterocycles. The summed E-state index contributed by atoms with van der Waals surface area (Å²) < 4.78 is 37.3. The number of ether oxygens (including phenoxy) is 1. The molecule has 0 aliphatic heterocycles. The first-order valence-electron chi connectivity index (χ1n) is 10.3. The number of hydrogen-bond acceptors (Lipinski definition) is 5. The highest BCUT2D eigenvalue weighted by molar-refractivity contribution is 6.09.